The van der Waals surface area contributed by atoms with Crippen LogP contribution in [0.5, 0.6) is 0 Å². The Balaban J connectivity index is 0.00000121. The molecule has 0 bridgehead atoms. The van der Waals surface area contributed by atoms with Crippen LogP contribution in [0.25, 0.3) is 0 Å². The molecular weight excluding hydrogens is 400 g/mol. The van der Waals surface area contributed by atoms with Crippen LogP contribution in [0.15, 0.2) is 0 Å². The van der Waals surface area contributed by atoms with E-state index in [0.717, 1.165) is 0 Å². The van der Waals surface area contributed by atoms with Crippen LogP contribution in [-0.2, 0) is 4.74 Å². The van der Waals surface area contributed by atoms with Gasteiger partial charge in [-0.3, -0.25) is 6.54 Å². The Labute approximate surface area is 69.3 Å². The van der Waals surface area contributed by atoms with Crippen LogP contribution in [-0.4, -0.2) is 18.2 Å². The van der Waals surface area contributed by atoms with E-state index < -0.39 is 0 Å². The molecule has 1 rings (SSSR count). The minimum Gasteiger partial charge on any atom is -0.465 e. The van der Waals surface area contributed by atoms with Gasteiger partial charge in [0.2, 0.25) is 0 Å². The van der Waals surface area contributed by atoms with Gasteiger partial charge in [-0.15, -0.1) is 0 Å². The van der Waals surface area contributed by atoms with Gasteiger partial charge in [0.25, 0.3) is 0 Å². The van der Waals surface area contributed by atoms with Gasteiger partial charge < -0.3 is 10.1 Å². The molecule has 0 aromatic rings. The molecule has 0 aliphatic carbocycles. The minimum atomic E-state index is 0. The molecule has 4 atom stereocenters. The number of hydrogen-bond donors (Lipinski definition) is 1. The summed E-state index contributed by atoms with van der Waals surface area (Å²) in [7, 11) is 0. The predicted octanol–water partition coefficient (Wildman–Crippen LogP) is 1.57. The first kappa shape index (κ1) is 10.9. The predicted molar refractivity (Wildman–Crippen MR) is 46.1 cm³/mol. The number of rotatable bonds is 2. The summed E-state index contributed by atoms with van der Waals surface area (Å²) in [4.78, 5) is 0. The van der Waals surface area contributed by atoms with Gasteiger partial charge in [0.1, 0.15) is 0 Å². The summed E-state index contributed by atoms with van der Waals surface area (Å²) in [6.45, 7) is 10.5. The first-order valence-electron chi connectivity index (χ1n) is 4.36. The average molecular weight is 418 g/mol. The second-order valence-corrected chi connectivity index (χ2v) is 3.39. The Hall–Kier alpha value is -1.08. The van der Waals surface area contributed by atoms with E-state index in [0.29, 0.717) is 24.2 Å². The van der Waals surface area contributed by atoms with Crippen molar-refractivity contribution in [2.75, 3.05) is 0 Å². The molecule has 0 aromatic carbocycles. The Morgan fingerprint density at radius 1 is 1.17 bits per heavy atom. The molecule has 1 fully saturated rings. The third-order valence-corrected chi connectivity index (χ3v) is 2.60. The van der Waals surface area contributed by atoms with E-state index in [1.54, 1.807) is 0 Å². The van der Waals surface area contributed by atoms with Crippen molar-refractivity contribution in [2.24, 2.45) is 5.92 Å². The topological polar surface area (TPSA) is 21.3 Å². The Morgan fingerprint density at radius 3 is 2.08 bits per heavy atom. The first-order valence-corrected chi connectivity index (χ1v) is 4.36. The Morgan fingerprint density at radius 2 is 1.75 bits per heavy atom. The second-order valence-electron chi connectivity index (χ2n) is 3.39. The quantitative estimate of drug-likeness (QED) is 0.688. The van der Waals surface area contributed by atoms with Gasteiger partial charge in [0.05, 0.1) is 12.2 Å². The molecule has 81 valence electrons. The zero-order valence-corrected chi connectivity index (χ0v) is 10.2. The van der Waals surface area contributed by atoms with Crippen molar-refractivity contribution in [3.63, 3.8) is 0 Å². The third-order valence-electron chi connectivity index (χ3n) is 2.60. The summed E-state index contributed by atoms with van der Waals surface area (Å²) < 4.78 is 5.66. The van der Waals surface area contributed by atoms with Gasteiger partial charge in [-0.25, -0.2) is 0 Å². The molecule has 1 aliphatic heterocycles. The molecular formula is C9H18LrNO-. The molecule has 0 amide bonds. The molecule has 3 heteroatoms. The van der Waals surface area contributed by atoms with Crippen LogP contribution in [0, 0.1) is 12.5 Å². The van der Waals surface area contributed by atoms with Crippen LogP contribution in [0.4, 0.5) is 0 Å². The molecule has 1 heterocycles. The van der Waals surface area contributed by atoms with Crippen molar-refractivity contribution in [3.05, 3.63) is 6.54 Å². The van der Waals surface area contributed by atoms with E-state index in [1.807, 2.05) is 13.5 Å². The van der Waals surface area contributed by atoms with E-state index in [1.165, 1.54) is 0 Å². The summed E-state index contributed by atoms with van der Waals surface area (Å²) >= 11 is 0. The van der Waals surface area contributed by atoms with Crippen molar-refractivity contribution in [3.8, 4) is 0 Å². The fraction of sp³-hybridized carbons (Fsp3) is 0.889. The molecule has 1 radical (unpaired) electrons. The summed E-state index contributed by atoms with van der Waals surface area (Å²) in [6, 6.07) is 0.495. The van der Waals surface area contributed by atoms with Crippen molar-refractivity contribution in [1.29, 1.82) is 0 Å². The second kappa shape index (κ2) is 4.07. The van der Waals surface area contributed by atoms with E-state index in [4.69, 9.17) is 4.74 Å². The maximum atomic E-state index is 5.66. The summed E-state index contributed by atoms with van der Waals surface area (Å²) in [5, 5.41) is 3.32. The number of hydrogen-bond acceptors (Lipinski definition) is 2. The van der Waals surface area contributed by atoms with Gasteiger partial charge in [0, 0.05) is 6.04 Å². The smallest absolute Gasteiger partial charge is 0.0683 e. The van der Waals surface area contributed by atoms with E-state index >= 15 is 0 Å². The normalized spacial score (nSPS) is 41.0. The van der Waals surface area contributed by atoms with E-state index in [2.05, 4.69) is 26.1 Å². The van der Waals surface area contributed by atoms with Crippen LogP contribution in [0.2, 0.25) is 0 Å². The van der Waals surface area contributed by atoms with E-state index in [-0.39, 0.29) is 0 Å². The fourth-order valence-electron chi connectivity index (χ4n) is 1.75. The molecule has 0 spiro atoms. The molecule has 1 aliphatic rings. The maximum absolute atomic E-state index is 5.66. The molecule has 1 N–H and O–H groups in total. The number of nitrogens with one attached hydrogen (secondary N) is 1. The van der Waals surface area contributed by atoms with Crippen molar-refractivity contribution in [1.82, 2.24) is 5.32 Å². The van der Waals surface area contributed by atoms with Crippen molar-refractivity contribution in [2.45, 2.75) is 45.9 Å². The summed E-state index contributed by atoms with van der Waals surface area (Å²) in [6.07, 6.45) is 0.735. The zero-order valence-electron chi connectivity index (χ0n) is 8.05. The average Bonchev–Trinajstić information content (AvgIpc) is 2.17. The van der Waals surface area contributed by atoms with Gasteiger partial charge in [0.15, 0.2) is 0 Å². The van der Waals surface area contributed by atoms with Crippen LogP contribution < -0.4 is 5.32 Å². The van der Waals surface area contributed by atoms with Crippen LogP contribution in [0.3, 0.4) is 0 Å². The molecule has 0 saturated carbocycles. The van der Waals surface area contributed by atoms with Gasteiger partial charge in [-0.2, -0.15) is 6.92 Å². The van der Waals surface area contributed by atoms with E-state index in [9.17, 15) is 0 Å². The van der Waals surface area contributed by atoms with Gasteiger partial charge in [-0.1, -0.05) is 6.92 Å². The monoisotopic (exact) mass is 418 g/mol. The largest absolute Gasteiger partial charge is 0.465 e. The molecule has 0 aromatic heterocycles. The molecule has 2 nitrogen and oxygen atoms in total. The summed E-state index contributed by atoms with van der Waals surface area (Å²) in [5.74, 6) is 0.612. The zero-order chi connectivity index (χ0) is 8.43. The van der Waals surface area contributed by atoms with Crippen molar-refractivity contribution < 1.29 is 4.74 Å². The SMILES string of the molecule is C[CH-]NC1C(C)OC(C)C1C.[Lr]. The van der Waals surface area contributed by atoms with Crippen molar-refractivity contribution >= 4 is 0 Å². The molecule has 1 saturated heterocycles. The Kier molecular flexibility index (Phi) is 3.71. The summed E-state index contributed by atoms with van der Waals surface area (Å²) in [5.41, 5.74) is 0. The first-order chi connectivity index (χ1) is 5.16. The van der Waals surface area contributed by atoms with Crippen LogP contribution >= 0.6 is 0 Å². The van der Waals surface area contributed by atoms with Crippen LogP contribution in [0.1, 0.15) is 27.7 Å². The van der Waals surface area contributed by atoms with Gasteiger partial charge in [-0.05, 0) is 19.8 Å². The number of ether oxygens (including phenoxy) is 1. The standard InChI is InChI=1S/C9H18NO.Lr/c1-5-10-9-6(2)7(3)11-8(9)4;/h5-10H,1-4H3;/q-1;. The van der Waals surface area contributed by atoms with Gasteiger partial charge >= 0.3 is 0 Å². The minimum absolute atomic E-state index is 0. The molecule has 4 unspecified atom stereocenters. The maximum Gasteiger partial charge on any atom is 0.0683 e. The fourth-order valence-corrected chi connectivity index (χ4v) is 1.75. The third kappa shape index (κ3) is 1.74. The Bertz CT molecular complexity index is 132. The molecule has 12 heavy (non-hydrogen) atoms.